The van der Waals surface area contributed by atoms with Gasteiger partial charge in [-0.3, -0.25) is 0 Å². The predicted octanol–water partition coefficient (Wildman–Crippen LogP) is -0.903. The average Bonchev–Trinajstić information content (AvgIpc) is 1.85. The molecule has 10 heavy (non-hydrogen) atoms. The zero-order valence-corrected chi connectivity index (χ0v) is 7.40. The molecule has 0 fully saturated rings. The largest absolute Gasteiger partial charge is 0.308 e. The Balaban J connectivity index is 3.70. The smallest absolute Gasteiger partial charge is 0.212 e. The molecule has 62 valence electrons. The molecule has 0 atom stereocenters. The van der Waals surface area contributed by atoms with E-state index in [2.05, 4.69) is 4.72 Å². The van der Waals surface area contributed by atoms with Gasteiger partial charge in [0.2, 0.25) is 10.0 Å². The fraction of sp³-hybridized carbons (Fsp3) is 1.00. The molecule has 0 rings (SSSR count). The summed E-state index contributed by atoms with van der Waals surface area (Å²) in [7, 11) is 2.09. The first kappa shape index (κ1) is 9.87. The number of rotatable bonds is 4. The minimum absolute atomic E-state index is 0.163. The van der Waals surface area contributed by atoms with Gasteiger partial charge in [0, 0.05) is 6.54 Å². The van der Waals surface area contributed by atoms with E-state index in [1.807, 2.05) is 19.0 Å². The highest BCUT2D eigenvalue weighted by Gasteiger charge is 2.05. The summed E-state index contributed by atoms with van der Waals surface area (Å²) in [5.74, 6) is 0.163. The Morgan fingerprint density at radius 3 is 2.20 bits per heavy atom. The minimum Gasteiger partial charge on any atom is -0.308 e. The molecule has 0 saturated heterocycles. The molecule has 0 radical (unpaired) electrons. The Kier molecular flexibility index (Phi) is 3.85. The van der Waals surface area contributed by atoms with Gasteiger partial charge in [-0.05, 0) is 21.1 Å². The third kappa shape index (κ3) is 4.72. The van der Waals surface area contributed by atoms with E-state index in [1.54, 1.807) is 0 Å². The molecule has 0 unspecified atom stereocenters. The maximum Gasteiger partial charge on any atom is 0.212 e. The van der Waals surface area contributed by atoms with Gasteiger partial charge < -0.3 is 4.90 Å². The maximum absolute atomic E-state index is 10.8. The molecule has 0 bridgehead atoms. The molecule has 0 amide bonds. The number of nitrogens with zero attached hydrogens (tertiary/aromatic N) is 1. The monoisotopic (exact) mass is 166 g/mol. The van der Waals surface area contributed by atoms with Gasteiger partial charge >= 0.3 is 0 Å². The van der Waals surface area contributed by atoms with Gasteiger partial charge in [-0.1, -0.05) is 0 Å². The lowest BCUT2D eigenvalue weighted by atomic mass is 10.7. The fourth-order valence-electron chi connectivity index (χ4n) is 0.405. The third-order valence-corrected chi connectivity index (χ3v) is 2.46. The van der Waals surface area contributed by atoms with E-state index in [1.165, 1.54) is 7.05 Å². The normalized spacial score (nSPS) is 12.4. The quantitative estimate of drug-likeness (QED) is 0.588. The van der Waals surface area contributed by atoms with Crippen LogP contribution in [0.3, 0.4) is 0 Å². The summed E-state index contributed by atoms with van der Waals surface area (Å²) in [6.07, 6.45) is 0. The summed E-state index contributed by atoms with van der Waals surface area (Å²) >= 11 is 0. The van der Waals surface area contributed by atoms with Gasteiger partial charge in [0.15, 0.2) is 0 Å². The first-order valence-corrected chi connectivity index (χ1v) is 4.69. The van der Waals surface area contributed by atoms with Gasteiger partial charge in [0.1, 0.15) is 0 Å². The molecular formula is C5H14N2O2S. The van der Waals surface area contributed by atoms with Crippen molar-refractivity contribution >= 4 is 10.0 Å². The van der Waals surface area contributed by atoms with Gasteiger partial charge in [-0.2, -0.15) is 0 Å². The highest BCUT2D eigenvalue weighted by Crippen LogP contribution is 1.82. The highest BCUT2D eigenvalue weighted by molar-refractivity contribution is 7.89. The molecule has 5 heteroatoms. The zero-order chi connectivity index (χ0) is 8.20. The Labute approximate surface area is 62.3 Å². The second-order valence-corrected chi connectivity index (χ2v) is 4.37. The molecule has 0 spiro atoms. The lowest BCUT2D eigenvalue weighted by molar-refractivity contribution is 0.431. The van der Waals surface area contributed by atoms with Crippen LogP contribution in [0.4, 0.5) is 0 Å². The Morgan fingerprint density at radius 2 is 1.90 bits per heavy atom. The lowest BCUT2D eigenvalue weighted by Crippen LogP contribution is -2.28. The predicted molar refractivity (Wildman–Crippen MR) is 41.4 cm³/mol. The van der Waals surface area contributed by atoms with Crippen molar-refractivity contribution in [2.24, 2.45) is 0 Å². The molecule has 0 aliphatic carbocycles. The van der Waals surface area contributed by atoms with Crippen molar-refractivity contribution in [3.63, 3.8) is 0 Å². The molecular weight excluding hydrogens is 152 g/mol. The van der Waals surface area contributed by atoms with E-state index in [-0.39, 0.29) is 5.75 Å². The average molecular weight is 166 g/mol. The SMILES string of the molecule is CNS(=O)(=O)CCN(C)C. The number of hydrogen-bond donors (Lipinski definition) is 1. The van der Waals surface area contributed by atoms with Crippen molar-refractivity contribution in [3.8, 4) is 0 Å². The lowest BCUT2D eigenvalue weighted by Gasteiger charge is -2.08. The number of nitrogens with one attached hydrogen (secondary N) is 1. The van der Waals surface area contributed by atoms with Crippen molar-refractivity contribution in [1.82, 2.24) is 9.62 Å². The van der Waals surface area contributed by atoms with Crippen LogP contribution < -0.4 is 4.72 Å². The molecule has 0 aromatic heterocycles. The number of hydrogen-bond acceptors (Lipinski definition) is 3. The Morgan fingerprint density at radius 1 is 1.40 bits per heavy atom. The van der Waals surface area contributed by atoms with Crippen LogP contribution in [0.15, 0.2) is 0 Å². The van der Waals surface area contributed by atoms with Gasteiger partial charge in [-0.15, -0.1) is 0 Å². The standard InChI is InChI=1S/C5H14N2O2S/c1-6-10(8,9)5-4-7(2)3/h6H,4-5H2,1-3H3. The van der Waals surface area contributed by atoms with Crippen molar-refractivity contribution in [2.45, 2.75) is 0 Å². The van der Waals surface area contributed by atoms with Crippen LogP contribution in [0, 0.1) is 0 Å². The first-order valence-electron chi connectivity index (χ1n) is 3.04. The van der Waals surface area contributed by atoms with Crippen LogP contribution >= 0.6 is 0 Å². The van der Waals surface area contributed by atoms with E-state index in [0.29, 0.717) is 6.54 Å². The summed E-state index contributed by atoms with van der Waals surface area (Å²) < 4.78 is 23.8. The minimum atomic E-state index is -3.01. The Bertz CT molecular complexity index is 174. The zero-order valence-electron chi connectivity index (χ0n) is 6.59. The van der Waals surface area contributed by atoms with E-state index in [4.69, 9.17) is 0 Å². The summed E-state index contributed by atoms with van der Waals surface area (Å²) in [4.78, 5) is 1.83. The first-order chi connectivity index (χ1) is 4.48. The number of sulfonamides is 1. The Hall–Kier alpha value is -0.130. The van der Waals surface area contributed by atoms with Crippen molar-refractivity contribution in [1.29, 1.82) is 0 Å². The maximum atomic E-state index is 10.8. The molecule has 0 heterocycles. The molecule has 1 N–H and O–H groups in total. The van der Waals surface area contributed by atoms with Crippen molar-refractivity contribution < 1.29 is 8.42 Å². The van der Waals surface area contributed by atoms with E-state index in [0.717, 1.165) is 0 Å². The highest BCUT2D eigenvalue weighted by atomic mass is 32.2. The van der Waals surface area contributed by atoms with Crippen LogP contribution in [0.2, 0.25) is 0 Å². The van der Waals surface area contributed by atoms with Crippen molar-refractivity contribution in [2.75, 3.05) is 33.4 Å². The molecule has 4 nitrogen and oxygen atoms in total. The molecule has 0 aromatic carbocycles. The van der Waals surface area contributed by atoms with E-state index < -0.39 is 10.0 Å². The van der Waals surface area contributed by atoms with Crippen LogP contribution in [0.5, 0.6) is 0 Å². The summed E-state index contributed by atoms with van der Waals surface area (Å²) in [6, 6.07) is 0. The topological polar surface area (TPSA) is 49.4 Å². The van der Waals surface area contributed by atoms with Gasteiger partial charge in [-0.25, -0.2) is 13.1 Å². The van der Waals surface area contributed by atoms with E-state index in [9.17, 15) is 8.42 Å². The third-order valence-electron chi connectivity index (χ3n) is 1.12. The van der Waals surface area contributed by atoms with Gasteiger partial charge in [0.25, 0.3) is 0 Å². The second kappa shape index (κ2) is 3.90. The van der Waals surface area contributed by atoms with Crippen LogP contribution in [0.1, 0.15) is 0 Å². The summed E-state index contributed by atoms with van der Waals surface area (Å²) in [5, 5.41) is 0. The van der Waals surface area contributed by atoms with Crippen LogP contribution in [-0.2, 0) is 10.0 Å². The van der Waals surface area contributed by atoms with Gasteiger partial charge in [0.05, 0.1) is 5.75 Å². The fourth-order valence-corrected chi connectivity index (χ4v) is 1.21. The second-order valence-electron chi connectivity index (χ2n) is 2.33. The molecule has 0 aliphatic rings. The molecule has 0 aromatic rings. The van der Waals surface area contributed by atoms with Crippen molar-refractivity contribution in [3.05, 3.63) is 0 Å². The molecule has 0 saturated carbocycles. The summed E-state index contributed by atoms with van der Waals surface area (Å²) in [6.45, 7) is 0.559. The van der Waals surface area contributed by atoms with Crippen LogP contribution in [0.25, 0.3) is 0 Å². The van der Waals surface area contributed by atoms with Crippen LogP contribution in [-0.4, -0.2) is 46.8 Å². The molecule has 0 aliphatic heterocycles. The summed E-state index contributed by atoms with van der Waals surface area (Å²) in [5.41, 5.74) is 0. The van der Waals surface area contributed by atoms with E-state index >= 15 is 0 Å².